The van der Waals surface area contributed by atoms with Crippen molar-refractivity contribution in [3.05, 3.63) is 32.0 Å². The number of likely N-dealkylation sites (tertiary alicyclic amines) is 1. The minimum Gasteiger partial charge on any atom is -0.300 e. The van der Waals surface area contributed by atoms with Gasteiger partial charge in [-0.2, -0.15) is 0 Å². The molecule has 1 aromatic carbocycles. The average Bonchev–Trinajstić information content (AvgIpc) is 3.01. The van der Waals surface area contributed by atoms with Crippen LogP contribution in [0.3, 0.4) is 0 Å². The number of fused-ring (bicyclic) bond motifs is 3. The SMILES string of the molecule is Cc1cc2c(cc1C)N(C(=O)CN1CCCCC1)C(C)(C)c1ssc(=S)c1-2. The first-order valence-corrected chi connectivity index (χ1v) is 12.2. The van der Waals surface area contributed by atoms with Gasteiger partial charge in [0, 0.05) is 11.1 Å². The van der Waals surface area contributed by atoms with Gasteiger partial charge in [0.1, 0.15) is 3.82 Å². The minimum atomic E-state index is -0.380. The summed E-state index contributed by atoms with van der Waals surface area (Å²) < 4.78 is 0.940. The van der Waals surface area contributed by atoms with E-state index in [1.165, 1.54) is 40.8 Å². The van der Waals surface area contributed by atoms with Crippen molar-refractivity contribution in [3.63, 3.8) is 0 Å². The molecule has 0 spiro atoms. The molecule has 4 rings (SSSR count). The van der Waals surface area contributed by atoms with Crippen LogP contribution in [0.25, 0.3) is 11.1 Å². The minimum absolute atomic E-state index is 0.196. The summed E-state index contributed by atoms with van der Waals surface area (Å²) in [6, 6.07) is 4.40. The molecule has 144 valence electrons. The van der Waals surface area contributed by atoms with E-state index in [9.17, 15) is 4.79 Å². The van der Waals surface area contributed by atoms with Gasteiger partial charge in [-0.05, 0) is 76.9 Å². The summed E-state index contributed by atoms with van der Waals surface area (Å²) in [6.45, 7) is 11.1. The van der Waals surface area contributed by atoms with Gasteiger partial charge in [0.25, 0.3) is 0 Å². The molecule has 1 aromatic heterocycles. The van der Waals surface area contributed by atoms with Crippen molar-refractivity contribution < 1.29 is 4.79 Å². The third-order valence-electron chi connectivity index (χ3n) is 5.93. The van der Waals surface area contributed by atoms with Gasteiger partial charge in [0.2, 0.25) is 5.91 Å². The number of carbonyl (C=O) groups excluding carboxylic acids is 1. The van der Waals surface area contributed by atoms with E-state index in [4.69, 9.17) is 12.2 Å². The fourth-order valence-electron chi connectivity index (χ4n) is 4.31. The van der Waals surface area contributed by atoms with Gasteiger partial charge in [0.05, 0.1) is 22.6 Å². The van der Waals surface area contributed by atoms with Gasteiger partial charge >= 0.3 is 0 Å². The van der Waals surface area contributed by atoms with Gasteiger partial charge in [-0.25, -0.2) is 0 Å². The molecule has 2 aromatic rings. The predicted octanol–water partition coefficient (Wildman–Crippen LogP) is 5.89. The first-order valence-electron chi connectivity index (χ1n) is 9.61. The Morgan fingerprint density at radius 2 is 1.78 bits per heavy atom. The van der Waals surface area contributed by atoms with E-state index in [1.54, 1.807) is 20.7 Å². The molecule has 0 aliphatic carbocycles. The Balaban J connectivity index is 1.83. The van der Waals surface area contributed by atoms with Gasteiger partial charge in [-0.3, -0.25) is 9.69 Å². The molecule has 2 aliphatic rings. The lowest BCUT2D eigenvalue weighted by Gasteiger charge is -2.44. The number of nitrogens with zero attached hydrogens (tertiary/aromatic N) is 2. The maximum Gasteiger partial charge on any atom is 0.241 e. The summed E-state index contributed by atoms with van der Waals surface area (Å²) in [7, 11) is 3.38. The fraction of sp³-hybridized carbons (Fsp3) is 0.524. The Morgan fingerprint density at radius 3 is 2.48 bits per heavy atom. The molecule has 3 heterocycles. The van der Waals surface area contributed by atoms with Gasteiger partial charge in [0.15, 0.2) is 0 Å². The molecule has 0 bridgehead atoms. The quantitative estimate of drug-likeness (QED) is 0.449. The molecular formula is C21H26N2OS3. The fourth-order valence-corrected chi connectivity index (χ4v) is 7.59. The summed E-state index contributed by atoms with van der Waals surface area (Å²) in [5.74, 6) is 0.196. The van der Waals surface area contributed by atoms with E-state index in [1.807, 2.05) is 4.90 Å². The van der Waals surface area contributed by atoms with Crippen LogP contribution in [-0.2, 0) is 10.3 Å². The standard InChI is InChI=1S/C21H26N2OS3/c1-13-10-15-16(11-14(13)2)23(17(24)12-22-8-6-5-7-9-22)21(3,4)19-18(15)20(25)27-26-19/h10-11H,5-9,12H2,1-4H3. The molecule has 0 saturated carbocycles. The molecule has 27 heavy (non-hydrogen) atoms. The van der Waals surface area contributed by atoms with E-state index in [-0.39, 0.29) is 11.4 Å². The molecule has 0 N–H and O–H groups in total. The lowest BCUT2D eigenvalue weighted by atomic mass is 9.85. The van der Waals surface area contributed by atoms with Crippen LogP contribution in [-0.4, -0.2) is 30.4 Å². The van der Waals surface area contributed by atoms with Gasteiger partial charge < -0.3 is 4.90 Å². The zero-order chi connectivity index (χ0) is 19.3. The largest absolute Gasteiger partial charge is 0.300 e. The van der Waals surface area contributed by atoms with Crippen molar-refractivity contribution in [2.45, 2.75) is 52.5 Å². The molecule has 2 aliphatic heterocycles. The highest BCUT2D eigenvalue weighted by Gasteiger charge is 2.43. The number of hydrogen-bond donors (Lipinski definition) is 0. The second kappa shape index (κ2) is 7.07. The van der Waals surface area contributed by atoms with Crippen LogP contribution in [0.1, 0.15) is 49.1 Å². The zero-order valence-electron chi connectivity index (χ0n) is 16.4. The first-order chi connectivity index (χ1) is 12.8. The van der Waals surface area contributed by atoms with Crippen LogP contribution in [0.4, 0.5) is 5.69 Å². The molecular weight excluding hydrogens is 392 g/mol. The summed E-state index contributed by atoms with van der Waals surface area (Å²) >= 11 is 5.68. The highest BCUT2D eigenvalue weighted by molar-refractivity contribution is 7.80. The Hall–Kier alpha value is -1.08. The number of rotatable bonds is 2. The van der Waals surface area contributed by atoms with Crippen LogP contribution < -0.4 is 4.90 Å². The first kappa shape index (κ1) is 19.2. The smallest absolute Gasteiger partial charge is 0.241 e. The van der Waals surface area contributed by atoms with E-state index < -0.39 is 0 Å². The van der Waals surface area contributed by atoms with Crippen LogP contribution in [0.15, 0.2) is 12.1 Å². The highest BCUT2D eigenvalue weighted by Crippen LogP contribution is 2.52. The van der Waals surface area contributed by atoms with Crippen molar-refractivity contribution in [2.75, 3.05) is 24.5 Å². The molecule has 1 saturated heterocycles. The van der Waals surface area contributed by atoms with Crippen LogP contribution in [0, 0.1) is 17.7 Å². The lowest BCUT2D eigenvalue weighted by Crippen LogP contribution is -2.51. The van der Waals surface area contributed by atoms with Gasteiger partial charge in [-0.1, -0.05) is 39.3 Å². The number of piperidine rings is 1. The maximum absolute atomic E-state index is 13.5. The maximum atomic E-state index is 13.5. The van der Waals surface area contributed by atoms with Crippen molar-refractivity contribution >= 4 is 44.5 Å². The normalized spacial score (nSPS) is 18.9. The third-order valence-corrected chi connectivity index (χ3v) is 9.26. The van der Waals surface area contributed by atoms with E-state index in [2.05, 4.69) is 44.7 Å². The number of benzene rings is 1. The summed E-state index contributed by atoms with van der Waals surface area (Å²) in [5.41, 5.74) is 5.40. The molecule has 1 fully saturated rings. The Kier molecular flexibility index (Phi) is 5.04. The predicted molar refractivity (Wildman–Crippen MR) is 119 cm³/mol. The number of aryl methyl sites for hydroxylation is 2. The third kappa shape index (κ3) is 3.20. The second-order valence-electron chi connectivity index (χ2n) is 8.24. The highest BCUT2D eigenvalue weighted by atomic mass is 32.9. The number of anilines is 1. The van der Waals surface area contributed by atoms with Crippen molar-refractivity contribution in [1.29, 1.82) is 0 Å². The lowest BCUT2D eigenvalue weighted by molar-refractivity contribution is -0.121. The Bertz CT molecular complexity index is 951. The number of carbonyl (C=O) groups is 1. The van der Waals surface area contributed by atoms with E-state index in [0.29, 0.717) is 6.54 Å². The topological polar surface area (TPSA) is 23.6 Å². The summed E-state index contributed by atoms with van der Waals surface area (Å²) in [4.78, 5) is 19.1. The Labute approximate surface area is 174 Å². The summed E-state index contributed by atoms with van der Waals surface area (Å²) in [5, 5.41) is 0. The van der Waals surface area contributed by atoms with Crippen LogP contribution >= 0.6 is 32.9 Å². The number of hydrogen-bond acceptors (Lipinski definition) is 5. The molecule has 1 amide bonds. The van der Waals surface area contributed by atoms with Gasteiger partial charge in [-0.15, -0.1) is 0 Å². The molecule has 0 atom stereocenters. The molecule has 0 unspecified atom stereocenters. The monoisotopic (exact) mass is 418 g/mol. The summed E-state index contributed by atoms with van der Waals surface area (Å²) in [6.07, 6.45) is 3.67. The zero-order valence-corrected chi connectivity index (χ0v) is 18.9. The number of amides is 1. The average molecular weight is 419 g/mol. The molecule has 3 nitrogen and oxygen atoms in total. The second-order valence-corrected chi connectivity index (χ2v) is 11.1. The molecule has 0 radical (unpaired) electrons. The van der Waals surface area contributed by atoms with E-state index >= 15 is 0 Å². The van der Waals surface area contributed by atoms with Crippen LogP contribution in [0.2, 0.25) is 0 Å². The Morgan fingerprint density at radius 1 is 1.11 bits per heavy atom. The van der Waals surface area contributed by atoms with E-state index in [0.717, 1.165) is 28.2 Å². The molecule has 6 heteroatoms. The van der Waals surface area contributed by atoms with Crippen molar-refractivity contribution in [3.8, 4) is 11.1 Å². The van der Waals surface area contributed by atoms with Crippen molar-refractivity contribution in [1.82, 2.24) is 4.90 Å². The van der Waals surface area contributed by atoms with Crippen LogP contribution in [0.5, 0.6) is 0 Å². The van der Waals surface area contributed by atoms with Crippen molar-refractivity contribution in [2.24, 2.45) is 0 Å².